The number of phosphoric ester groups is 1. The van der Waals surface area contributed by atoms with Crippen LogP contribution >= 0.6 is 7.82 Å². The molecule has 0 saturated carbocycles. The third kappa shape index (κ3) is 37.2. The zero-order valence-electron chi connectivity index (χ0n) is 34.3. The van der Waals surface area contributed by atoms with Crippen molar-refractivity contribution < 1.29 is 47.5 Å². The Kier molecular flexibility index (Phi) is 36.9. The zero-order valence-corrected chi connectivity index (χ0v) is 35.2. The summed E-state index contributed by atoms with van der Waals surface area (Å²) in [7, 11) is -4.71. The minimum Gasteiger partial charge on any atom is -0.480 e. The molecule has 0 amide bonds. The molecule has 318 valence electrons. The van der Waals surface area contributed by atoms with E-state index in [9.17, 15) is 23.8 Å². The Labute approximate surface area is 328 Å². The molecule has 3 atom stereocenters. The molecule has 0 saturated heterocycles. The topological polar surface area (TPSA) is 172 Å². The van der Waals surface area contributed by atoms with Gasteiger partial charge < -0.3 is 25.2 Å². The van der Waals surface area contributed by atoms with Crippen LogP contribution in [0.25, 0.3) is 0 Å². The lowest BCUT2D eigenvalue weighted by Gasteiger charge is -2.20. The van der Waals surface area contributed by atoms with Gasteiger partial charge in [0.25, 0.3) is 0 Å². The van der Waals surface area contributed by atoms with E-state index in [4.69, 9.17) is 24.8 Å². The molecule has 0 heterocycles. The maximum Gasteiger partial charge on any atom is 0.472 e. The van der Waals surface area contributed by atoms with Crippen molar-refractivity contribution in [3.8, 4) is 0 Å². The van der Waals surface area contributed by atoms with E-state index < -0.39 is 51.1 Å². The van der Waals surface area contributed by atoms with E-state index in [1.54, 1.807) is 0 Å². The lowest BCUT2D eigenvalue weighted by molar-refractivity contribution is -0.161. The summed E-state index contributed by atoms with van der Waals surface area (Å²) >= 11 is 0. The number of allylic oxidation sites excluding steroid dienone is 2. The number of aliphatic carboxylic acids is 1. The van der Waals surface area contributed by atoms with Crippen LogP contribution in [0.3, 0.4) is 0 Å². The van der Waals surface area contributed by atoms with Crippen LogP contribution in [0, 0.1) is 0 Å². The molecule has 0 spiro atoms. The highest BCUT2D eigenvalue weighted by Crippen LogP contribution is 2.43. The lowest BCUT2D eigenvalue weighted by atomic mass is 10.0. The van der Waals surface area contributed by atoms with Gasteiger partial charge in [-0.05, 0) is 38.5 Å². The number of carbonyl (C=O) groups excluding carboxylic acids is 2. The molecule has 0 fully saturated rings. The van der Waals surface area contributed by atoms with Crippen molar-refractivity contribution in [2.45, 2.75) is 219 Å². The van der Waals surface area contributed by atoms with Crippen LogP contribution in [-0.4, -0.2) is 59.9 Å². The summed E-state index contributed by atoms with van der Waals surface area (Å²) in [6.45, 7) is 2.80. The minimum atomic E-state index is -4.71. The van der Waals surface area contributed by atoms with E-state index in [0.717, 1.165) is 44.9 Å². The molecule has 0 bridgehead atoms. The zero-order chi connectivity index (χ0) is 40.0. The van der Waals surface area contributed by atoms with Gasteiger partial charge in [0.1, 0.15) is 12.6 Å². The van der Waals surface area contributed by atoms with Crippen molar-refractivity contribution in [1.29, 1.82) is 0 Å². The van der Waals surface area contributed by atoms with Crippen LogP contribution in [-0.2, 0) is 37.5 Å². The fourth-order valence-electron chi connectivity index (χ4n) is 6.06. The Hall–Kier alpha value is -1.78. The molecule has 0 rings (SSSR count). The fraction of sp³-hybridized carbons (Fsp3) is 0.881. The maximum atomic E-state index is 12.6. The highest BCUT2D eigenvalue weighted by atomic mass is 31.2. The van der Waals surface area contributed by atoms with E-state index in [0.29, 0.717) is 12.8 Å². The average Bonchev–Trinajstić information content (AvgIpc) is 3.14. The number of carboxylic acid groups (broad SMARTS) is 1. The van der Waals surface area contributed by atoms with E-state index in [-0.39, 0.29) is 19.4 Å². The number of phosphoric acid groups is 1. The van der Waals surface area contributed by atoms with Gasteiger partial charge in [0.05, 0.1) is 13.2 Å². The third-order valence-electron chi connectivity index (χ3n) is 9.51. The minimum absolute atomic E-state index is 0.164. The summed E-state index contributed by atoms with van der Waals surface area (Å²) in [5.41, 5.74) is 5.33. The number of carbonyl (C=O) groups is 3. The maximum absolute atomic E-state index is 12.6. The summed E-state index contributed by atoms with van der Waals surface area (Å²) in [5.74, 6) is -2.39. The van der Waals surface area contributed by atoms with E-state index in [1.807, 2.05) is 0 Å². The standard InChI is InChI=1S/C42H80NO10P/c1-3-5-7-9-11-13-15-17-19-21-23-25-27-29-31-33-40(44)50-35-38(36-51-54(48,49)52-37-39(43)42(46)47)53-41(45)34-32-30-28-26-24-22-20-18-16-14-12-10-8-6-4-2/h21,23,38-39H,3-20,22,24-37,43H2,1-2H3,(H,46,47)(H,48,49)/b23-21+/t38-,39+/m1/s1. The first-order valence-electron chi connectivity index (χ1n) is 21.7. The van der Waals surface area contributed by atoms with Crippen molar-refractivity contribution in [2.24, 2.45) is 5.73 Å². The fourth-order valence-corrected chi connectivity index (χ4v) is 6.84. The first kappa shape index (κ1) is 52.2. The molecule has 0 aromatic rings. The highest BCUT2D eigenvalue weighted by molar-refractivity contribution is 7.47. The Bertz CT molecular complexity index is 979. The largest absolute Gasteiger partial charge is 0.480 e. The average molecular weight is 790 g/mol. The predicted molar refractivity (Wildman–Crippen MR) is 217 cm³/mol. The summed E-state index contributed by atoms with van der Waals surface area (Å²) in [6.07, 6.45) is 37.0. The van der Waals surface area contributed by atoms with E-state index in [2.05, 4.69) is 30.5 Å². The number of ether oxygens (including phenoxy) is 2. The van der Waals surface area contributed by atoms with Gasteiger partial charge in [0.2, 0.25) is 0 Å². The van der Waals surface area contributed by atoms with Gasteiger partial charge in [-0.2, -0.15) is 0 Å². The summed E-state index contributed by atoms with van der Waals surface area (Å²) < 4.78 is 32.7. The summed E-state index contributed by atoms with van der Waals surface area (Å²) in [6, 6.07) is -1.52. The SMILES string of the molecule is CCCCCCCCCC/C=C/CCCCCC(=O)OC[C@H](COP(=O)(O)OC[C@H](N)C(=O)O)OC(=O)CCCCCCCCCCCCCCCCC. The van der Waals surface area contributed by atoms with Gasteiger partial charge in [0.15, 0.2) is 6.10 Å². The number of hydrogen-bond acceptors (Lipinski definition) is 9. The van der Waals surface area contributed by atoms with Crippen molar-refractivity contribution in [2.75, 3.05) is 19.8 Å². The summed E-state index contributed by atoms with van der Waals surface area (Å²) in [4.78, 5) is 45.9. The van der Waals surface area contributed by atoms with Gasteiger partial charge >= 0.3 is 25.7 Å². The first-order valence-corrected chi connectivity index (χ1v) is 23.2. The Balaban J connectivity index is 4.36. The number of unbranched alkanes of at least 4 members (excludes halogenated alkanes) is 25. The van der Waals surface area contributed by atoms with Gasteiger partial charge in [-0.3, -0.25) is 23.4 Å². The Morgan fingerprint density at radius 3 is 1.37 bits per heavy atom. The molecule has 11 nitrogen and oxygen atoms in total. The number of carboxylic acids is 1. The van der Waals surface area contributed by atoms with Gasteiger partial charge in [-0.15, -0.1) is 0 Å². The molecule has 0 radical (unpaired) electrons. The van der Waals surface area contributed by atoms with Crippen molar-refractivity contribution in [1.82, 2.24) is 0 Å². The first-order chi connectivity index (χ1) is 26.1. The molecule has 0 aliphatic carbocycles. The van der Waals surface area contributed by atoms with Crippen LogP contribution < -0.4 is 5.73 Å². The normalized spacial score (nSPS) is 13.9. The molecular weight excluding hydrogens is 709 g/mol. The van der Waals surface area contributed by atoms with Gasteiger partial charge in [-0.1, -0.05) is 167 Å². The Morgan fingerprint density at radius 2 is 0.926 bits per heavy atom. The molecular formula is C42H80NO10P. The molecule has 0 aliphatic rings. The monoisotopic (exact) mass is 790 g/mol. The highest BCUT2D eigenvalue weighted by Gasteiger charge is 2.28. The van der Waals surface area contributed by atoms with Crippen molar-refractivity contribution in [3.05, 3.63) is 12.2 Å². The molecule has 0 aromatic carbocycles. The smallest absolute Gasteiger partial charge is 0.472 e. The van der Waals surface area contributed by atoms with Gasteiger partial charge in [0, 0.05) is 12.8 Å². The number of esters is 2. The van der Waals surface area contributed by atoms with Crippen LogP contribution in [0.5, 0.6) is 0 Å². The van der Waals surface area contributed by atoms with Crippen molar-refractivity contribution >= 4 is 25.7 Å². The van der Waals surface area contributed by atoms with E-state index >= 15 is 0 Å². The van der Waals surface area contributed by atoms with Crippen molar-refractivity contribution in [3.63, 3.8) is 0 Å². The molecule has 12 heteroatoms. The third-order valence-corrected chi connectivity index (χ3v) is 10.5. The Morgan fingerprint density at radius 1 is 0.556 bits per heavy atom. The molecule has 54 heavy (non-hydrogen) atoms. The van der Waals surface area contributed by atoms with Crippen LogP contribution in [0.15, 0.2) is 12.2 Å². The van der Waals surface area contributed by atoms with Crippen LogP contribution in [0.4, 0.5) is 0 Å². The quantitative estimate of drug-likeness (QED) is 0.0233. The predicted octanol–water partition coefficient (Wildman–Crippen LogP) is 11.3. The van der Waals surface area contributed by atoms with Crippen LogP contribution in [0.1, 0.15) is 206 Å². The lowest BCUT2D eigenvalue weighted by Crippen LogP contribution is -2.34. The summed E-state index contributed by atoms with van der Waals surface area (Å²) in [5, 5.41) is 8.88. The number of nitrogens with two attached hydrogens (primary N) is 1. The second kappa shape index (κ2) is 38.1. The molecule has 0 aromatic heterocycles. The van der Waals surface area contributed by atoms with Gasteiger partial charge in [-0.25, -0.2) is 4.57 Å². The van der Waals surface area contributed by atoms with E-state index in [1.165, 1.54) is 122 Å². The van der Waals surface area contributed by atoms with Crippen LogP contribution in [0.2, 0.25) is 0 Å². The molecule has 4 N–H and O–H groups in total. The second-order valence-corrected chi connectivity index (χ2v) is 16.3. The molecule has 0 aliphatic heterocycles. The molecule has 1 unspecified atom stereocenters. The number of hydrogen-bond donors (Lipinski definition) is 3. The number of rotatable bonds is 41. The second-order valence-electron chi connectivity index (χ2n) is 14.8.